The van der Waals surface area contributed by atoms with Crippen LogP contribution in [0.25, 0.3) is 0 Å². The smallest absolute Gasteiger partial charge is 0.145 e. The summed E-state index contributed by atoms with van der Waals surface area (Å²) in [5.41, 5.74) is 2.28. The molecule has 1 aliphatic rings. The van der Waals surface area contributed by atoms with Crippen LogP contribution in [0.3, 0.4) is 0 Å². The van der Waals surface area contributed by atoms with Crippen molar-refractivity contribution in [3.63, 3.8) is 0 Å². The number of nitrogens with zero attached hydrogens (tertiary/aromatic N) is 1. The van der Waals surface area contributed by atoms with Crippen LogP contribution < -0.4 is 5.32 Å². The molecule has 3 heteroatoms. The van der Waals surface area contributed by atoms with Crippen LogP contribution in [0.2, 0.25) is 0 Å². The maximum absolute atomic E-state index is 12.4. The molecule has 0 spiro atoms. The van der Waals surface area contributed by atoms with Crippen LogP contribution in [0.15, 0.2) is 18.3 Å². The van der Waals surface area contributed by atoms with Gasteiger partial charge < -0.3 is 5.32 Å². The van der Waals surface area contributed by atoms with Crippen molar-refractivity contribution in [1.82, 2.24) is 10.3 Å². The number of hydrogen-bond donors (Lipinski definition) is 1. The van der Waals surface area contributed by atoms with Gasteiger partial charge in [0.2, 0.25) is 0 Å². The monoisotopic (exact) mass is 232 g/mol. The van der Waals surface area contributed by atoms with Crippen molar-refractivity contribution in [3.05, 3.63) is 29.6 Å². The first-order valence-corrected chi connectivity index (χ1v) is 6.36. The van der Waals surface area contributed by atoms with Gasteiger partial charge in [0.25, 0.3) is 0 Å². The summed E-state index contributed by atoms with van der Waals surface area (Å²) in [6, 6.07) is 4.06. The molecular formula is C14H20N2O. The lowest BCUT2D eigenvalue weighted by Gasteiger charge is -2.25. The number of Topliss-reactive ketones (excluding diaryl/α,β-unsaturated/α-hetero) is 1. The fraction of sp³-hybridized carbons (Fsp3) is 0.571. The predicted molar refractivity (Wildman–Crippen MR) is 68.0 cm³/mol. The summed E-state index contributed by atoms with van der Waals surface area (Å²) in [6.07, 6.45) is 4.92. The first kappa shape index (κ1) is 12.2. The molecule has 17 heavy (non-hydrogen) atoms. The first-order chi connectivity index (χ1) is 8.24. The molecule has 0 radical (unpaired) electrons. The van der Waals surface area contributed by atoms with Crippen LogP contribution in [-0.4, -0.2) is 24.4 Å². The Morgan fingerprint density at radius 3 is 3.24 bits per heavy atom. The minimum absolute atomic E-state index is 0.0169. The summed E-state index contributed by atoms with van der Waals surface area (Å²) in [5.74, 6) is 0.417. The zero-order chi connectivity index (χ0) is 12.3. The number of aromatic nitrogens is 1. The van der Waals surface area contributed by atoms with Crippen LogP contribution in [0.4, 0.5) is 0 Å². The Labute approximate surface area is 103 Å². The summed E-state index contributed by atoms with van der Waals surface area (Å²) in [6.45, 7) is 2.74. The van der Waals surface area contributed by atoms with Crippen molar-refractivity contribution in [3.8, 4) is 0 Å². The highest BCUT2D eigenvalue weighted by Crippen LogP contribution is 2.32. The molecule has 92 valence electrons. The second kappa shape index (κ2) is 5.41. The van der Waals surface area contributed by atoms with Gasteiger partial charge in [-0.15, -0.1) is 0 Å². The van der Waals surface area contributed by atoms with E-state index in [1.807, 2.05) is 20.0 Å². The Bertz CT molecular complexity index is 403. The van der Waals surface area contributed by atoms with Gasteiger partial charge in [-0.1, -0.05) is 13.0 Å². The van der Waals surface area contributed by atoms with Gasteiger partial charge in [-0.05, 0) is 37.9 Å². The van der Waals surface area contributed by atoms with E-state index in [9.17, 15) is 4.79 Å². The van der Waals surface area contributed by atoms with E-state index >= 15 is 0 Å². The summed E-state index contributed by atoms with van der Waals surface area (Å²) in [4.78, 5) is 16.8. The molecule has 3 nitrogen and oxygen atoms in total. The Morgan fingerprint density at radius 2 is 2.47 bits per heavy atom. The van der Waals surface area contributed by atoms with Crippen molar-refractivity contribution in [2.75, 3.05) is 13.6 Å². The summed E-state index contributed by atoms with van der Waals surface area (Å²) in [7, 11) is 1.89. The Hall–Kier alpha value is -1.22. The molecule has 0 aliphatic heterocycles. The van der Waals surface area contributed by atoms with Gasteiger partial charge in [0.1, 0.15) is 5.78 Å². The number of fused-ring (bicyclic) bond motifs is 1. The predicted octanol–water partition coefficient (Wildman–Crippen LogP) is 1.93. The van der Waals surface area contributed by atoms with Crippen molar-refractivity contribution in [2.24, 2.45) is 5.92 Å². The second-order valence-electron chi connectivity index (χ2n) is 4.85. The molecule has 2 unspecified atom stereocenters. The minimum atomic E-state index is 0.0169. The number of pyridine rings is 1. The number of hydrogen-bond acceptors (Lipinski definition) is 3. The molecule has 0 amide bonds. The Balaban J connectivity index is 2.20. The molecule has 0 saturated carbocycles. The fourth-order valence-corrected chi connectivity index (χ4v) is 2.64. The third-order valence-electron chi connectivity index (χ3n) is 3.53. The van der Waals surface area contributed by atoms with Gasteiger partial charge >= 0.3 is 0 Å². The van der Waals surface area contributed by atoms with E-state index in [1.54, 1.807) is 6.20 Å². The molecule has 1 N–H and O–H groups in total. The van der Waals surface area contributed by atoms with E-state index in [2.05, 4.69) is 16.4 Å². The van der Waals surface area contributed by atoms with Gasteiger partial charge in [-0.3, -0.25) is 9.78 Å². The highest BCUT2D eigenvalue weighted by molar-refractivity contribution is 5.87. The van der Waals surface area contributed by atoms with Gasteiger partial charge in [0.15, 0.2) is 0 Å². The topological polar surface area (TPSA) is 42.0 Å². The molecular weight excluding hydrogens is 212 g/mol. The van der Waals surface area contributed by atoms with E-state index in [4.69, 9.17) is 0 Å². The largest absolute Gasteiger partial charge is 0.319 e. The van der Waals surface area contributed by atoms with E-state index < -0.39 is 0 Å². The lowest BCUT2D eigenvalue weighted by molar-refractivity contribution is -0.124. The molecule has 0 aromatic carbocycles. The molecule has 1 aromatic rings. The average Bonchev–Trinajstić information content (AvgIpc) is 2.37. The molecule has 0 saturated heterocycles. The van der Waals surface area contributed by atoms with E-state index in [1.165, 1.54) is 5.56 Å². The number of ketones is 1. The maximum atomic E-state index is 12.4. The number of nitrogens with one attached hydrogen (secondary N) is 1. The van der Waals surface area contributed by atoms with Crippen molar-refractivity contribution in [1.29, 1.82) is 0 Å². The van der Waals surface area contributed by atoms with Crippen molar-refractivity contribution in [2.45, 2.75) is 32.1 Å². The second-order valence-corrected chi connectivity index (χ2v) is 4.85. The molecule has 1 heterocycles. The van der Waals surface area contributed by atoms with Crippen LogP contribution in [0.5, 0.6) is 0 Å². The third kappa shape index (κ3) is 2.55. The Morgan fingerprint density at radius 1 is 1.65 bits per heavy atom. The van der Waals surface area contributed by atoms with Crippen LogP contribution >= 0.6 is 0 Å². The zero-order valence-corrected chi connectivity index (χ0v) is 10.6. The average molecular weight is 232 g/mol. The Kier molecular flexibility index (Phi) is 3.89. The SMILES string of the molecule is CNCC(C)C(=O)C1CCCc2cccnc21. The van der Waals surface area contributed by atoms with Gasteiger partial charge in [0.05, 0.1) is 11.6 Å². The molecule has 2 atom stereocenters. The number of rotatable bonds is 4. The lowest BCUT2D eigenvalue weighted by Crippen LogP contribution is -2.30. The highest BCUT2D eigenvalue weighted by atomic mass is 16.1. The third-order valence-corrected chi connectivity index (χ3v) is 3.53. The zero-order valence-electron chi connectivity index (χ0n) is 10.6. The van der Waals surface area contributed by atoms with E-state index in [0.29, 0.717) is 5.78 Å². The maximum Gasteiger partial charge on any atom is 0.145 e. The molecule has 0 bridgehead atoms. The van der Waals surface area contributed by atoms with E-state index in [0.717, 1.165) is 31.5 Å². The van der Waals surface area contributed by atoms with Crippen molar-refractivity contribution < 1.29 is 4.79 Å². The minimum Gasteiger partial charge on any atom is -0.319 e. The summed E-state index contributed by atoms with van der Waals surface area (Å²) in [5, 5.41) is 3.07. The normalized spacial score (nSPS) is 20.7. The molecule has 2 rings (SSSR count). The number of aryl methyl sites for hydroxylation is 1. The van der Waals surface area contributed by atoms with Crippen LogP contribution in [0.1, 0.15) is 36.9 Å². The van der Waals surface area contributed by atoms with Crippen molar-refractivity contribution >= 4 is 5.78 Å². The quantitative estimate of drug-likeness (QED) is 0.862. The summed E-state index contributed by atoms with van der Waals surface area (Å²) >= 11 is 0. The van der Waals surface area contributed by atoms with Gasteiger partial charge in [0, 0.05) is 18.7 Å². The molecule has 1 aliphatic carbocycles. The van der Waals surface area contributed by atoms with E-state index in [-0.39, 0.29) is 11.8 Å². The van der Waals surface area contributed by atoms with Crippen LogP contribution in [-0.2, 0) is 11.2 Å². The lowest BCUT2D eigenvalue weighted by atomic mass is 9.80. The van der Waals surface area contributed by atoms with Gasteiger partial charge in [-0.25, -0.2) is 0 Å². The standard InChI is InChI=1S/C14H20N2O/c1-10(9-15-2)14(17)12-7-3-5-11-6-4-8-16-13(11)12/h4,6,8,10,12,15H,3,5,7,9H2,1-2H3. The summed E-state index contributed by atoms with van der Waals surface area (Å²) < 4.78 is 0. The number of carbonyl (C=O) groups excluding carboxylic acids is 1. The van der Waals surface area contributed by atoms with Gasteiger partial charge in [-0.2, -0.15) is 0 Å². The van der Waals surface area contributed by atoms with Crippen LogP contribution in [0, 0.1) is 5.92 Å². The number of carbonyl (C=O) groups is 1. The molecule has 1 aromatic heterocycles. The fourth-order valence-electron chi connectivity index (χ4n) is 2.64. The first-order valence-electron chi connectivity index (χ1n) is 6.36. The molecule has 0 fully saturated rings. The highest BCUT2D eigenvalue weighted by Gasteiger charge is 2.30.